The molecular weight excluding hydrogens is 370 g/mol. The van der Waals surface area contributed by atoms with Crippen LogP contribution in [0.4, 0.5) is 4.79 Å². The van der Waals surface area contributed by atoms with E-state index >= 15 is 0 Å². The number of hydrazine groups is 1. The van der Waals surface area contributed by atoms with Crippen molar-refractivity contribution in [2.45, 2.75) is 32.7 Å². The highest BCUT2D eigenvalue weighted by atomic mass is 16.5. The van der Waals surface area contributed by atoms with Crippen LogP contribution in [-0.4, -0.2) is 29.5 Å². The van der Waals surface area contributed by atoms with Crippen LogP contribution >= 0.6 is 0 Å². The lowest BCUT2D eigenvalue weighted by Crippen LogP contribution is -2.48. The van der Waals surface area contributed by atoms with Crippen LogP contribution in [0, 0.1) is 5.92 Å². The number of rotatable bonds is 7. The molecule has 29 heavy (non-hydrogen) atoms. The van der Waals surface area contributed by atoms with E-state index in [1.807, 2.05) is 26.8 Å². The zero-order chi connectivity index (χ0) is 21.0. The monoisotopic (exact) mass is 395 g/mol. The molecule has 2 N–H and O–H groups in total. The first kappa shape index (κ1) is 20.4. The van der Waals surface area contributed by atoms with Crippen LogP contribution in [0.1, 0.15) is 43.1 Å². The molecule has 1 heterocycles. The molecule has 1 fully saturated rings. The molecule has 0 aliphatic carbocycles. The predicted octanol–water partition coefficient (Wildman–Crippen LogP) is 3.22. The molecule has 0 saturated carbocycles. The van der Waals surface area contributed by atoms with Gasteiger partial charge in [0.1, 0.15) is 11.3 Å². The Labute approximate surface area is 170 Å². The van der Waals surface area contributed by atoms with Crippen molar-refractivity contribution in [2.24, 2.45) is 5.92 Å². The summed E-state index contributed by atoms with van der Waals surface area (Å²) in [6.07, 6.45) is 0.354. The van der Waals surface area contributed by atoms with E-state index in [0.717, 1.165) is 5.01 Å². The van der Waals surface area contributed by atoms with Crippen molar-refractivity contribution in [1.29, 1.82) is 0 Å². The minimum Gasteiger partial charge on any atom is -0.493 e. The number of imide groups is 1. The van der Waals surface area contributed by atoms with Gasteiger partial charge in [-0.1, -0.05) is 57.2 Å². The number of urea groups is 1. The van der Waals surface area contributed by atoms with Crippen LogP contribution in [0.5, 0.6) is 5.75 Å². The van der Waals surface area contributed by atoms with Gasteiger partial charge < -0.3 is 10.1 Å². The topological polar surface area (TPSA) is 87.7 Å². The maximum absolute atomic E-state index is 13.1. The molecule has 1 atom stereocenters. The molecule has 0 unspecified atom stereocenters. The van der Waals surface area contributed by atoms with Crippen LogP contribution < -0.4 is 15.5 Å². The molecular formula is C22H25N3O4. The van der Waals surface area contributed by atoms with E-state index in [1.54, 1.807) is 48.5 Å². The third-order valence-corrected chi connectivity index (χ3v) is 4.78. The number of hydrogen-bond acceptors (Lipinski definition) is 4. The Kier molecular flexibility index (Phi) is 5.87. The summed E-state index contributed by atoms with van der Waals surface area (Å²) in [6.45, 7) is 6.39. The van der Waals surface area contributed by atoms with Gasteiger partial charge in [0.05, 0.1) is 6.61 Å². The molecule has 1 aliphatic heterocycles. The van der Waals surface area contributed by atoms with Crippen LogP contribution in [0.15, 0.2) is 54.6 Å². The molecule has 7 nitrogen and oxygen atoms in total. The molecule has 7 heteroatoms. The van der Waals surface area contributed by atoms with Crippen molar-refractivity contribution in [3.8, 4) is 5.75 Å². The van der Waals surface area contributed by atoms with Crippen LogP contribution in [-0.2, 0) is 10.3 Å². The summed E-state index contributed by atoms with van der Waals surface area (Å²) in [5.41, 5.74) is 2.18. The predicted molar refractivity (Wildman–Crippen MR) is 108 cm³/mol. The first-order valence-corrected chi connectivity index (χ1v) is 9.63. The number of carbonyl (C=O) groups is 3. The molecule has 1 aliphatic rings. The Balaban J connectivity index is 1.78. The molecule has 0 spiro atoms. The third kappa shape index (κ3) is 4.08. The molecule has 0 radical (unpaired) electrons. The molecule has 2 aromatic carbocycles. The van der Waals surface area contributed by atoms with E-state index in [2.05, 4.69) is 10.7 Å². The van der Waals surface area contributed by atoms with Gasteiger partial charge in [-0.3, -0.25) is 15.0 Å². The lowest BCUT2D eigenvalue weighted by Gasteiger charge is -2.25. The third-order valence-electron chi connectivity index (χ3n) is 4.78. The SMILES string of the molecule is CC[C@@]1(c2ccccc2)NC(=O)N(NC(=O)c2cccc(OCC(C)C)c2)C1=O. The van der Waals surface area contributed by atoms with E-state index in [1.165, 1.54) is 0 Å². The second kappa shape index (κ2) is 8.34. The Hall–Kier alpha value is -3.35. The Morgan fingerprint density at radius 2 is 1.86 bits per heavy atom. The lowest BCUT2D eigenvalue weighted by molar-refractivity contribution is -0.133. The van der Waals surface area contributed by atoms with Gasteiger partial charge in [0, 0.05) is 5.56 Å². The van der Waals surface area contributed by atoms with Crippen molar-refractivity contribution in [3.63, 3.8) is 0 Å². The van der Waals surface area contributed by atoms with Gasteiger partial charge in [-0.25, -0.2) is 4.79 Å². The molecule has 4 amide bonds. The number of ether oxygens (including phenoxy) is 1. The second-order valence-corrected chi connectivity index (χ2v) is 7.37. The average Bonchev–Trinajstić information content (AvgIpc) is 2.98. The Morgan fingerprint density at radius 3 is 2.52 bits per heavy atom. The van der Waals surface area contributed by atoms with Crippen molar-refractivity contribution < 1.29 is 19.1 Å². The fourth-order valence-electron chi connectivity index (χ4n) is 3.19. The normalized spacial score (nSPS) is 18.7. The van der Waals surface area contributed by atoms with Crippen molar-refractivity contribution in [1.82, 2.24) is 15.8 Å². The number of amides is 4. The first-order valence-electron chi connectivity index (χ1n) is 9.63. The second-order valence-electron chi connectivity index (χ2n) is 7.37. The first-order chi connectivity index (χ1) is 13.9. The van der Waals surface area contributed by atoms with E-state index in [0.29, 0.717) is 35.8 Å². The number of nitrogens with one attached hydrogen (secondary N) is 2. The molecule has 3 rings (SSSR count). The maximum Gasteiger partial charge on any atom is 0.344 e. The summed E-state index contributed by atoms with van der Waals surface area (Å²) in [5, 5.41) is 3.48. The van der Waals surface area contributed by atoms with Crippen molar-refractivity contribution in [3.05, 3.63) is 65.7 Å². The zero-order valence-electron chi connectivity index (χ0n) is 16.8. The van der Waals surface area contributed by atoms with Gasteiger partial charge >= 0.3 is 6.03 Å². The van der Waals surface area contributed by atoms with E-state index < -0.39 is 23.4 Å². The lowest BCUT2D eigenvalue weighted by atomic mass is 9.87. The molecule has 2 aromatic rings. The van der Waals surface area contributed by atoms with Crippen LogP contribution in [0.2, 0.25) is 0 Å². The highest BCUT2D eigenvalue weighted by Gasteiger charge is 2.52. The van der Waals surface area contributed by atoms with Gasteiger partial charge in [0.25, 0.3) is 11.8 Å². The maximum atomic E-state index is 13.1. The van der Waals surface area contributed by atoms with Crippen LogP contribution in [0.3, 0.4) is 0 Å². The minimum absolute atomic E-state index is 0.292. The molecule has 1 saturated heterocycles. The highest BCUT2D eigenvalue weighted by Crippen LogP contribution is 2.31. The van der Waals surface area contributed by atoms with E-state index in [9.17, 15) is 14.4 Å². The van der Waals surface area contributed by atoms with Gasteiger partial charge in [-0.05, 0) is 36.1 Å². The van der Waals surface area contributed by atoms with Crippen molar-refractivity contribution >= 4 is 17.8 Å². The Morgan fingerprint density at radius 1 is 1.14 bits per heavy atom. The summed E-state index contributed by atoms with van der Waals surface area (Å²) < 4.78 is 5.64. The van der Waals surface area contributed by atoms with Crippen molar-refractivity contribution in [2.75, 3.05) is 6.61 Å². The van der Waals surface area contributed by atoms with Gasteiger partial charge in [0.2, 0.25) is 0 Å². The summed E-state index contributed by atoms with van der Waals surface area (Å²) in [4.78, 5) is 38.3. The summed E-state index contributed by atoms with van der Waals surface area (Å²) in [7, 11) is 0. The fourth-order valence-corrected chi connectivity index (χ4v) is 3.19. The summed E-state index contributed by atoms with van der Waals surface area (Å²) in [5.74, 6) is -0.186. The summed E-state index contributed by atoms with van der Waals surface area (Å²) in [6, 6.07) is 15.0. The van der Waals surface area contributed by atoms with Gasteiger partial charge in [0.15, 0.2) is 0 Å². The zero-order valence-corrected chi connectivity index (χ0v) is 16.8. The quantitative estimate of drug-likeness (QED) is 0.705. The molecule has 0 bridgehead atoms. The smallest absolute Gasteiger partial charge is 0.344 e. The van der Waals surface area contributed by atoms with Crippen LogP contribution in [0.25, 0.3) is 0 Å². The standard InChI is InChI=1S/C22H25N3O4/c1-4-22(17-10-6-5-7-11-17)20(27)25(21(28)23-22)24-19(26)16-9-8-12-18(13-16)29-14-15(2)3/h5-13,15H,4,14H2,1-3H3,(H,23,28)(H,24,26)/t22-/m0/s1. The fraction of sp³-hybridized carbons (Fsp3) is 0.318. The molecule has 152 valence electrons. The largest absolute Gasteiger partial charge is 0.493 e. The summed E-state index contributed by atoms with van der Waals surface area (Å²) >= 11 is 0. The van der Waals surface area contributed by atoms with E-state index in [4.69, 9.17) is 4.74 Å². The Bertz CT molecular complexity index is 913. The number of nitrogens with zero attached hydrogens (tertiary/aromatic N) is 1. The number of benzene rings is 2. The van der Waals surface area contributed by atoms with Gasteiger partial charge in [-0.2, -0.15) is 5.01 Å². The van der Waals surface area contributed by atoms with Gasteiger partial charge in [-0.15, -0.1) is 0 Å². The van der Waals surface area contributed by atoms with E-state index in [-0.39, 0.29) is 0 Å². The highest BCUT2D eigenvalue weighted by molar-refractivity contribution is 6.09. The number of hydrogen-bond donors (Lipinski definition) is 2. The average molecular weight is 395 g/mol. The minimum atomic E-state index is -1.20. The number of carbonyl (C=O) groups excluding carboxylic acids is 3. The molecule has 0 aromatic heterocycles.